The van der Waals surface area contributed by atoms with Crippen LogP contribution < -0.4 is 10.6 Å². The van der Waals surface area contributed by atoms with Crippen molar-refractivity contribution in [2.45, 2.75) is 19.5 Å². The van der Waals surface area contributed by atoms with E-state index in [2.05, 4.69) is 15.6 Å². The molecule has 0 spiro atoms. The number of nitrogens with one attached hydrogen (secondary N) is 2. The smallest absolute Gasteiger partial charge is 0.239 e. The van der Waals surface area contributed by atoms with Crippen molar-refractivity contribution in [1.82, 2.24) is 14.9 Å². The molecule has 0 aliphatic rings. The van der Waals surface area contributed by atoms with Crippen molar-refractivity contribution in [2.24, 2.45) is 0 Å². The first-order valence-corrected chi connectivity index (χ1v) is 6.28. The number of imidazole rings is 1. The van der Waals surface area contributed by atoms with Crippen molar-refractivity contribution in [1.29, 1.82) is 0 Å². The van der Waals surface area contributed by atoms with Crippen LogP contribution in [-0.4, -0.2) is 28.0 Å². The molecule has 0 saturated heterocycles. The summed E-state index contributed by atoms with van der Waals surface area (Å²) in [7, 11) is 0. The number of rotatable bonds is 6. The van der Waals surface area contributed by atoms with Crippen molar-refractivity contribution in [2.75, 3.05) is 11.9 Å². The van der Waals surface area contributed by atoms with Gasteiger partial charge in [-0.2, -0.15) is 0 Å². The molecule has 0 fully saturated rings. The van der Waals surface area contributed by atoms with E-state index in [0.29, 0.717) is 0 Å². The Morgan fingerprint density at radius 1 is 1.37 bits per heavy atom. The lowest BCUT2D eigenvalue weighted by atomic mass is 10.3. The molecule has 2 aromatic rings. The highest BCUT2D eigenvalue weighted by atomic mass is 16.1. The second-order valence-corrected chi connectivity index (χ2v) is 4.45. The maximum absolute atomic E-state index is 11.8. The van der Waals surface area contributed by atoms with E-state index in [9.17, 15) is 4.79 Å². The van der Waals surface area contributed by atoms with Crippen LogP contribution in [0.25, 0.3) is 0 Å². The van der Waals surface area contributed by atoms with Crippen LogP contribution in [0.1, 0.15) is 6.92 Å². The minimum Gasteiger partial charge on any atom is -0.376 e. The Bertz CT molecular complexity index is 495. The molecule has 2 rings (SSSR count). The van der Waals surface area contributed by atoms with E-state index >= 15 is 0 Å². The number of benzene rings is 1. The van der Waals surface area contributed by atoms with E-state index in [1.54, 1.807) is 12.5 Å². The molecule has 0 bridgehead atoms. The van der Waals surface area contributed by atoms with Crippen molar-refractivity contribution in [3.8, 4) is 0 Å². The van der Waals surface area contributed by atoms with Crippen LogP contribution in [0.15, 0.2) is 49.1 Å². The Hall–Kier alpha value is -2.30. The fourth-order valence-electron chi connectivity index (χ4n) is 1.82. The summed E-state index contributed by atoms with van der Waals surface area (Å²) < 4.78 is 1.94. The molecule has 1 heterocycles. The van der Waals surface area contributed by atoms with E-state index < -0.39 is 0 Å². The summed E-state index contributed by atoms with van der Waals surface area (Å²) in [6, 6.07) is 9.74. The van der Waals surface area contributed by atoms with Crippen LogP contribution in [0.4, 0.5) is 5.69 Å². The van der Waals surface area contributed by atoms with Gasteiger partial charge in [0.15, 0.2) is 0 Å². The summed E-state index contributed by atoms with van der Waals surface area (Å²) >= 11 is 0. The summed E-state index contributed by atoms with van der Waals surface area (Å²) in [6.45, 7) is 2.97. The van der Waals surface area contributed by atoms with Gasteiger partial charge in [-0.25, -0.2) is 4.98 Å². The zero-order valence-corrected chi connectivity index (χ0v) is 10.9. The highest BCUT2D eigenvalue weighted by molar-refractivity contribution is 5.80. The van der Waals surface area contributed by atoms with Gasteiger partial charge in [-0.05, 0) is 19.1 Å². The molecule has 1 aromatic heterocycles. The summed E-state index contributed by atoms with van der Waals surface area (Å²) in [5, 5.41) is 6.02. The number of hydrogen-bond acceptors (Lipinski definition) is 3. The van der Waals surface area contributed by atoms with Gasteiger partial charge >= 0.3 is 0 Å². The third kappa shape index (κ3) is 4.46. The lowest BCUT2D eigenvalue weighted by Crippen LogP contribution is -2.38. The van der Waals surface area contributed by atoms with E-state index in [0.717, 1.165) is 12.2 Å². The van der Waals surface area contributed by atoms with Gasteiger partial charge in [0.05, 0.1) is 12.9 Å². The molecule has 0 radical (unpaired) electrons. The average Bonchev–Trinajstić information content (AvgIpc) is 2.90. The zero-order chi connectivity index (χ0) is 13.5. The van der Waals surface area contributed by atoms with Gasteiger partial charge in [-0.1, -0.05) is 18.2 Å². The fraction of sp³-hybridized carbons (Fsp3) is 0.286. The second kappa shape index (κ2) is 6.58. The molecular weight excluding hydrogens is 240 g/mol. The number of amides is 1. The Labute approximate surface area is 112 Å². The Morgan fingerprint density at radius 3 is 2.84 bits per heavy atom. The fourth-order valence-corrected chi connectivity index (χ4v) is 1.82. The van der Waals surface area contributed by atoms with Gasteiger partial charge in [0.2, 0.25) is 5.91 Å². The third-order valence-electron chi connectivity index (χ3n) is 2.68. The molecule has 5 heteroatoms. The third-order valence-corrected chi connectivity index (χ3v) is 2.68. The minimum atomic E-state index is -0.0172. The van der Waals surface area contributed by atoms with Gasteiger partial charge in [-0.15, -0.1) is 0 Å². The normalized spacial score (nSPS) is 11.8. The average molecular weight is 258 g/mol. The Kier molecular flexibility index (Phi) is 4.55. The number of para-hydroxylation sites is 1. The maximum atomic E-state index is 11.8. The highest BCUT2D eigenvalue weighted by Gasteiger charge is 2.07. The maximum Gasteiger partial charge on any atom is 0.239 e. The number of anilines is 1. The molecule has 0 saturated carbocycles. The van der Waals surface area contributed by atoms with Gasteiger partial charge in [0, 0.05) is 30.7 Å². The SMILES string of the molecule is CC(Cn1ccnc1)NC(=O)CNc1ccccc1. The van der Waals surface area contributed by atoms with Crippen molar-refractivity contribution >= 4 is 11.6 Å². The molecule has 100 valence electrons. The van der Waals surface area contributed by atoms with E-state index in [1.807, 2.05) is 48.0 Å². The predicted octanol–water partition coefficient (Wildman–Crippen LogP) is 1.50. The number of aromatic nitrogens is 2. The van der Waals surface area contributed by atoms with Crippen molar-refractivity contribution in [3.63, 3.8) is 0 Å². The lowest BCUT2D eigenvalue weighted by Gasteiger charge is -2.15. The summed E-state index contributed by atoms with van der Waals surface area (Å²) in [5.41, 5.74) is 0.944. The van der Waals surface area contributed by atoms with Crippen molar-refractivity contribution in [3.05, 3.63) is 49.1 Å². The summed E-state index contributed by atoms with van der Waals surface area (Å²) in [5.74, 6) is -0.0172. The van der Waals surface area contributed by atoms with Gasteiger partial charge in [0.1, 0.15) is 0 Å². The summed E-state index contributed by atoms with van der Waals surface area (Å²) in [6.07, 6.45) is 5.35. The highest BCUT2D eigenvalue weighted by Crippen LogP contribution is 2.03. The van der Waals surface area contributed by atoms with E-state index in [-0.39, 0.29) is 18.5 Å². The van der Waals surface area contributed by atoms with Gasteiger partial charge < -0.3 is 15.2 Å². The number of carbonyl (C=O) groups excluding carboxylic acids is 1. The second-order valence-electron chi connectivity index (χ2n) is 4.45. The largest absolute Gasteiger partial charge is 0.376 e. The van der Waals surface area contributed by atoms with Crippen molar-refractivity contribution < 1.29 is 4.79 Å². The van der Waals surface area contributed by atoms with Crippen LogP contribution in [0.2, 0.25) is 0 Å². The molecule has 2 N–H and O–H groups in total. The standard InChI is InChI=1S/C14H18N4O/c1-12(10-18-8-7-15-11-18)17-14(19)9-16-13-5-3-2-4-6-13/h2-8,11-12,16H,9-10H2,1H3,(H,17,19). The van der Waals surface area contributed by atoms with E-state index in [1.165, 1.54) is 0 Å². The monoisotopic (exact) mass is 258 g/mol. The molecule has 1 aromatic carbocycles. The molecular formula is C14H18N4O. The zero-order valence-electron chi connectivity index (χ0n) is 10.9. The number of nitrogens with zero attached hydrogens (tertiary/aromatic N) is 2. The topological polar surface area (TPSA) is 59.0 Å². The molecule has 0 aliphatic heterocycles. The number of hydrogen-bond donors (Lipinski definition) is 2. The van der Waals surface area contributed by atoms with E-state index in [4.69, 9.17) is 0 Å². The first-order chi connectivity index (χ1) is 9.24. The Morgan fingerprint density at radius 2 is 2.16 bits per heavy atom. The van der Waals surface area contributed by atoms with Gasteiger partial charge in [0.25, 0.3) is 0 Å². The lowest BCUT2D eigenvalue weighted by molar-refractivity contribution is -0.120. The molecule has 0 aliphatic carbocycles. The molecule has 1 unspecified atom stereocenters. The molecule has 1 amide bonds. The van der Waals surface area contributed by atoms with Gasteiger partial charge in [-0.3, -0.25) is 4.79 Å². The van der Waals surface area contributed by atoms with Crippen LogP contribution in [0.3, 0.4) is 0 Å². The first kappa shape index (κ1) is 13.1. The minimum absolute atomic E-state index is 0.0172. The van der Waals surface area contributed by atoms with Crippen LogP contribution in [0, 0.1) is 0 Å². The summed E-state index contributed by atoms with van der Waals surface area (Å²) in [4.78, 5) is 15.7. The molecule has 5 nitrogen and oxygen atoms in total. The molecule has 1 atom stereocenters. The van der Waals surface area contributed by atoms with Crippen LogP contribution in [-0.2, 0) is 11.3 Å². The number of carbonyl (C=O) groups is 1. The van der Waals surface area contributed by atoms with Crippen LogP contribution in [0.5, 0.6) is 0 Å². The predicted molar refractivity (Wildman–Crippen MR) is 74.8 cm³/mol. The van der Waals surface area contributed by atoms with Crippen LogP contribution >= 0.6 is 0 Å². The Balaban J connectivity index is 1.72. The quantitative estimate of drug-likeness (QED) is 0.825. The first-order valence-electron chi connectivity index (χ1n) is 6.28. The molecule has 19 heavy (non-hydrogen) atoms.